The van der Waals surface area contributed by atoms with Gasteiger partial charge in [-0.25, -0.2) is 4.98 Å². The molecule has 0 radical (unpaired) electrons. The van der Waals surface area contributed by atoms with Gasteiger partial charge in [-0.15, -0.1) is 11.3 Å². The predicted molar refractivity (Wildman–Crippen MR) is 86.4 cm³/mol. The summed E-state index contributed by atoms with van der Waals surface area (Å²) in [4.78, 5) is 4.59. The lowest BCUT2D eigenvalue weighted by atomic mass is 10.2. The first-order chi connectivity index (χ1) is 9.72. The van der Waals surface area contributed by atoms with E-state index >= 15 is 0 Å². The Morgan fingerprint density at radius 3 is 2.65 bits per heavy atom. The minimum absolute atomic E-state index is 0.787. The minimum atomic E-state index is 0.787. The number of hydrogen-bond acceptors (Lipinski definition) is 4. The van der Waals surface area contributed by atoms with E-state index in [0.29, 0.717) is 0 Å². The zero-order valence-corrected chi connectivity index (χ0v) is 11.9. The topological polar surface area (TPSA) is 50.9 Å². The van der Waals surface area contributed by atoms with E-state index in [9.17, 15) is 0 Å². The summed E-state index contributed by atoms with van der Waals surface area (Å²) in [5, 5.41) is 6.21. The molecule has 0 atom stereocenters. The third-order valence-electron chi connectivity index (χ3n) is 3.10. The van der Waals surface area contributed by atoms with Crippen LogP contribution in [0.25, 0.3) is 11.3 Å². The van der Waals surface area contributed by atoms with E-state index in [0.717, 1.165) is 33.3 Å². The van der Waals surface area contributed by atoms with Crippen LogP contribution >= 0.6 is 11.3 Å². The van der Waals surface area contributed by atoms with E-state index in [1.165, 1.54) is 0 Å². The molecule has 3 nitrogen and oxygen atoms in total. The molecule has 0 aliphatic heterocycles. The lowest BCUT2D eigenvalue weighted by Crippen LogP contribution is -1.94. The number of nitrogens with two attached hydrogens (primary N) is 1. The molecule has 20 heavy (non-hydrogen) atoms. The Morgan fingerprint density at radius 2 is 1.90 bits per heavy atom. The number of nitrogen functional groups attached to an aromatic ring is 1. The van der Waals surface area contributed by atoms with Gasteiger partial charge in [0.1, 0.15) is 0 Å². The highest BCUT2D eigenvalue weighted by atomic mass is 32.1. The number of hydrogen-bond donors (Lipinski definition) is 2. The highest BCUT2D eigenvalue weighted by molar-refractivity contribution is 7.14. The Labute approximate surface area is 122 Å². The van der Waals surface area contributed by atoms with Gasteiger partial charge in [-0.3, -0.25) is 0 Å². The van der Waals surface area contributed by atoms with Crippen LogP contribution in [0.5, 0.6) is 0 Å². The highest BCUT2D eigenvalue weighted by Crippen LogP contribution is 2.28. The number of aromatic nitrogens is 1. The van der Waals surface area contributed by atoms with Gasteiger partial charge >= 0.3 is 0 Å². The van der Waals surface area contributed by atoms with Gasteiger partial charge in [-0.05, 0) is 24.6 Å². The molecule has 0 saturated heterocycles. The van der Waals surface area contributed by atoms with Crippen molar-refractivity contribution >= 4 is 27.8 Å². The number of aryl methyl sites for hydroxylation is 1. The Bertz CT molecular complexity index is 720. The lowest BCUT2D eigenvalue weighted by Gasteiger charge is -2.05. The number of nitrogens with zero attached hydrogens (tertiary/aromatic N) is 1. The normalized spacial score (nSPS) is 10.4. The molecule has 1 aromatic heterocycles. The summed E-state index contributed by atoms with van der Waals surface area (Å²) in [5.74, 6) is 0. The molecule has 3 rings (SSSR count). The zero-order valence-electron chi connectivity index (χ0n) is 11.1. The summed E-state index contributed by atoms with van der Waals surface area (Å²) in [7, 11) is 0. The van der Waals surface area contributed by atoms with Crippen molar-refractivity contribution in [1.82, 2.24) is 4.98 Å². The van der Waals surface area contributed by atoms with Crippen molar-refractivity contribution in [2.24, 2.45) is 0 Å². The van der Waals surface area contributed by atoms with Crippen molar-refractivity contribution in [3.63, 3.8) is 0 Å². The smallest absolute Gasteiger partial charge is 0.187 e. The van der Waals surface area contributed by atoms with Crippen LogP contribution in [-0.2, 0) is 0 Å². The maximum absolute atomic E-state index is 5.91. The maximum atomic E-state index is 5.91. The van der Waals surface area contributed by atoms with Crippen LogP contribution in [0, 0.1) is 6.92 Å². The molecule has 0 bridgehead atoms. The van der Waals surface area contributed by atoms with E-state index in [-0.39, 0.29) is 0 Å². The third-order valence-corrected chi connectivity index (χ3v) is 3.86. The second-order valence-corrected chi connectivity index (χ2v) is 5.46. The van der Waals surface area contributed by atoms with Crippen molar-refractivity contribution in [2.75, 3.05) is 11.1 Å². The van der Waals surface area contributed by atoms with Gasteiger partial charge in [0.15, 0.2) is 5.13 Å². The Balaban J connectivity index is 1.82. The van der Waals surface area contributed by atoms with Crippen LogP contribution in [-0.4, -0.2) is 4.98 Å². The van der Waals surface area contributed by atoms with Crippen LogP contribution in [0.2, 0.25) is 0 Å². The zero-order chi connectivity index (χ0) is 13.9. The second-order valence-electron chi connectivity index (χ2n) is 4.60. The maximum Gasteiger partial charge on any atom is 0.187 e. The highest BCUT2D eigenvalue weighted by Gasteiger charge is 2.05. The van der Waals surface area contributed by atoms with Crippen molar-refractivity contribution in [3.8, 4) is 11.3 Å². The van der Waals surface area contributed by atoms with Crippen LogP contribution in [0.3, 0.4) is 0 Å². The summed E-state index contributed by atoms with van der Waals surface area (Å²) in [5.41, 5.74) is 10.9. The molecule has 0 fully saturated rings. The van der Waals surface area contributed by atoms with E-state index < -0.39 is 0 Å². The molecule has 0 spiro atoms. The quantitative estimate of drug-likeness (QED) is 0.698. The van der Waals surface area contributed by atoms with Gasteiger partial charge in [0, 0.05) is 22.3 Å². The summed E-state index contributed by atoms with van der Waals surface area (Å²) in [6.07, 6.45) is 0. The standard InChI is InChI=1S/C16H15N3S/c1-11-7-8-13(9-14(11)17)18-16-19-15(10-20-16)12-5-3-2-4-6-12/h2-10H,17H2,1H3,(H,18,19). The van der Waals surface area contributed by atoms with Crippen LogP contribution < -0.4 is 11.1 Å². The first-order valence-electron chi connectivity index (χ1n) is 6.36. The van der Waals surface area contributed by atoms with Crippen LogP contribution in [0.1, 0.15) is 5.56 Å². The number of nitrogens with one attached hydrogen (secondary N) is 1. The average molecular weight is 281 g/mol. The molecule has 0 unspecified atom stereocenters. The van der Waals surface area contributed by atoms with Gasteiger partial charge in [0.05, 0.1) is 5.69 Å². The minimum Gasteiger partial charge on any atom is -0.398 e. The van der Waals surface area contributed by atoms with E-state index in [4.69, 9.17) is 5.73 Å². The molecular formula is C16H15N3S. The van der Waals surface area contributed by atoms with Crippen molar-refractivity contribution in [1.29, 1.82) is 0 Å². The van der Waals surface area contributed by atoms with Crippen molar-refractivity contribution in [3.05, 3.63) is 59.5 Å². The summed E-state index contributed by atoms with van der Waals surface area (Å²) >= 11 is 1.59. The number of benzene rings is 2. The van der Waals surface area contributed by atoms with Crippen LogP contribution in [0.4, 0.5) is 16.5 Å². The third kappa shape index (κ3) is 2.65. The fourth-order valence-corrected chi connectivity index (χ4v) is 2.65. The molecule has 0 aliphatic rings. The fourth-order valence-electron chi connectivity index (χ4n) is 1.91. The lowest BCUT2D eigenvalue weighted by molar-refractivity contribution is 1.38. The van der Waals surface area contributed by atoms with Gasteiger partial charge in [-0.2, -0.15) is 0 Å². The van der Waals surface area contributed by atoms with Crippen molar-refractivity contribution in [2.45, 2.75) is 6.92 Å². The summed E-state index contributed by atoms with van der Waals surface area (Å²) in [6, 6.07) is 16.1. The summed E-state index contributed by atoms with van der Waals surface area (Å²) < 4.78 is 0. The molecular weight excluding hydrogens is 266 g/mol. The van der Waals surface area contributed by atoms with E-state index in [1.807, 2.05) is 43.3 Å². The molecule has 0 saturated carbocycles. The fraction of sp³-hybridized carbons (Fsp3) is 0.0625. The molecule has 4 heteroatoms. The Hall–Kier alpha value is -2.33. The summed E-state index contributed by atoms with van der Waals surface area (Å²) in [6.45, 7) is 2.00. The van der Waals surface area contributed by atoms with E-state index in [1.54, 1.807) is 11.3 Å². The van der Waals surface area contributed by atoms with Gasteiger partial charge in [0.25, 0.3) is 0 Å². The van der Waals surface area contributed by atoms with Crippen LogP contribution in [0.15, 0.2) is 53.9 Å². The van der Waals surface area contributed by atoms with E-state index in [2.05, 4.69) is 27.8 Å². The first-order valence-corrected chi connectivity index (χ1v) is 7.24. The Kier molecular flexibility index (Phi) is 3.39. The largest absolute Gasteiger partial charge is 0.398 e. The molecule has 1 heterocycles. The molecule has 100 valence electrons. The molecule has 0 amide bonds. The number of anilines is 3. The SMILES string of the molecule is Cc1ccc(Nc2nc(-c3ccccc3)cs2)cc1N. The number of thiazole rings is 1. The second kappa shape index (κ2) is 5.35. The monoisotopic (exact) mass is 281 g/mol. The van der Waals surface area contributed by atoms with Gasteiger partial charge in [0.2, 0.25) is 0 Å². The Morgan fingerprint density at radius 1 is 1.10 bits per heavy atom. The first kappa shape index (κ1) is 12.7. The van der Waals surface area contributed by atoms with Gasteiger partial charge in [-0.1, -0.05) is 36.4 Å². The van der Waals surface area contributed by atoms with Crippen molar-refractivity contribution < 1.29 is 0 Å². The van der Waals surface area contributed by atoms with Gasteiger partial charge < -0.3 is 11.1 Å². The average Bonchev–Trinajstić information content (AvgIpc) is 2.92. The molecule has 3 aromatic rings. The number of rotatable bonds is 3. The molecule has 0 aliphatic carbocycles. The molecule has 3 N–H and O–H groups in total. The predicted octanol–water partition coefficient (Wildman–Crippen LogP) is 4.44. The molecule has 2 aromatic carbocycles.